The Morgan fingerprint density at radius 3 is 2.48 bits per heavy atom. The van der Waals surface area contributed by atoms with Crippen LogP contribution in [0.1, 0.15) is 72.1 Å². The van der Waals surface area contributed by atoms with Gasteiger partial charge in [-0.25, -0.2) is 0 Å². The second-order valence-corrected chi connectivity index (χ2v) is 9.94. The molecule has 9 atom stereocenters. The maximum Gasteiger partial charge on any atom is 0.0661 e. The van der Waals surface area contributed by atoms with E-state index in [0.717, 1.165) is 36.5 Å². The fourth-order valence-electron chi connectivity index (χ4n) is 7.81. The molecule has 1 N–H and O–H groups in total. The van der Waals surface area contributed by atoms with Crippen LogP contribution in [0.2, 0.25) is 0 Å². The molecule has 4 fully saturated rings. The van der Waals surface area contributed by atoms with Crippen molar-refractivity contribution in [2.75, 3.05) is 0 Å². The number of nitrogens with zero attached hydrogens (tertiary/aromatic N) is 1. The van der Waals surface area contributed by atoms with Gasteiger partial charge in [0, 0.05) is 0 Å². The lowest BCUT2D eigenvalue weighted by Crippen LogP contribution is -2.55. The van der Waals surface area contributed by atoms with Gasteiger partial charge in [0.05, 0.1) is 18.1 Å². The van der Waals surface area contributed by atoms with Crippen LogP contribution in [0.4, 0.5) is 0 Å². The summed E-state index contributed by atoms with van der Waals surface area (Å²) in [7, 11) is 0. The molecule has 0 spiro atoms. The zero-order valence-electron chi connectivity index (χ0n) is 15.1. The predicted octanol–water partition coefficient (Wildman–Crippen LogP) is 4.78. The molecule has 0 bridgehead atoms. The van der Waals surface area contributed by atoms with Gasteiger partial charge >= 0.3 is 0 Å². The molecule has 4 saturated carbocycles. The second kappa shape index (κ2) is 5.22. The Morgan fingerprint density at radius 2 is 1.74 bits per heavy atom. The fraction of sp³-hybridized carbons (Fsp3) is 0.952. The number of hydrogen-bond acceptors (Lipinski definition) is 2. The highest BCUT2D eigenvalue weighted by Gasteiger charge is 2.60. The Kier molecular flexibility index (Phi) is 3.62. The molecule has 0 radical (unpaired) electrons. The number of fused-ring (bicyclic) bond motifs is 5. The van der Waals surface area contributed by atoms with Crippen LogP contribution in [0.3, 0.4) is 0 Å². The van der Waals surface area contributed by atoms with Crippen molar-refractivity contribution in [1.29, 1.82) is 5.26 Å². The normalized spacial score (nSPS) is 58.7. The van der Waals surface area contributed by atoms with E-state index in [0.29, 0.717) is 22.7 Å². The van der Waals surface area contributed by atoms with Crippen molar-refractivity contribution >= 4 is 0 Å². The highest BCUT2D eigenvalue weighted by molar-refractivity contribution is 5.12. The third-order valence-corrected chi connectivity index (χ3v) is 9.17. The minimum absolute atomic E-state index is 0.0760. The van der Waals surface area contributed by atoms with E-state index in [-0.39, 0.29) is 6.10 Å². The number of rotatable bonds is 0. The van der Waals surface area contributed by atoms with E-state index in [1.807, 2.05) is 0 Å². The van der Waals surface area contributed by atoms with Crippen LogP contribution in [0.5, 0.6) is 0 Å². The molecule has 2 nitrogen and oxygen atoms in total. The van der Waals surface area contributed by atoms with Crippen molar-refractivity contribution in [1.82, 2.24) is 0 Å². The van der Waals surface area contributed by atoms with Crippen LogP contribution >= 0.6 is 0 Å². The zero-order chi connectivity index (χ0) is 16.4. The monoisotopic (exact) mass is 315 g/mol. The van der Waals surface area contributed by atoms with Crippen LogP contribution in [0.25, 0.3) is 0 Å². The largest absolute Gasteiger partial charge is 0.393 e. The van der Waals surface area contributed by atoms with Crippen LogP contribution in [-0.2, 0) is 0 Å². The SMILES string of the molecule is C[C@H]1C[C@]2(C)C3CC[C@]4(C)[C@@H](C#N)CC[C@H]4[C@@H]3CC[C@H]2C[C@@H]1O. The van der Waals surface area contributed by atoms with Crippen LogP contribution in [0.15, 0.2) is 0 Å². The molecule has 4 aliphatic carbocycles. The molecule has 0 aromatic rings. The first-order valence-corrected chi connectivity index (χ1v) is 9.98. The molecule has 1 unspecified atom stereocenters. The summed E-state index contributed by atoms with van der Waals surface area (Å²) in [5.74, 6) is 3.95. The maximum atomic E-state index is 10.3. The molecule has 2 heteroatoms. The minimum atomic E-state index is -0.0760. The fourth-order valence-corrected chi connectivity index (χ4v) is 7.81. The van der Waals surface area contributed by atoms with E-state index in [4.69, 9.17) is 0 Å². The van der Waals surface area contributed by atoms with E-state index in [9.17, 15) is 10.4 Å². The Morgan fingerprint density at radius 1 is 1.00 bits per heavy atom. The lowest BCUT2D eigenvalue weighted by Gasteiger charge is -2.61. The number of nitriles is 1. The topological polar surface area (TPSA) is 44.0 Å². The van der Waals surface area contributed by atoms with Gasteiger partial charge in [-0.05, 0) is 91.8 Å². The van der Waals surface area contributed by atoms with Crippen molar-refractivity contribution in [3.8, 4) is 6.07 Å². The third kappa shape index (κ3) is 2.08. The van der Waals surface area contributed by atoms with E-state index >= 15 is 0 Å². The molecule has 0 aliphatic heterocycles. The molecule has 0 aromatic heterocycles. The molecule has 23 heavy (non-hydrogen) atoms. The van der Waals surface area contributed by atoms with Gasteiger partial charge in [-0.15, -0.1) is 0 Å². The molecule has 0 amide bonds. The summed E-state index contributed by atoms with van der Waals surface area (Å²) in [5.41, 5.74) is 0.729. The summed E-state index contributed by atoms with van der Waals surface area (Å²) >= 11 is 0. The Balaban J connectivity index is 1.63. The summed E-state index contributed by atoms with van der Waals surface area (Å²) in [4.78, 5) is 0. The van der Waals surface area contributed by atoms with Gasteiger partial charge < -0.3 is 5.11 Å². The summed E-state index contributed by atoms with van der Waals surface area (Å²) in [6.45, 7) is 7.23. The van der Waals surface area contributed by atoms with E-state index < -0.39 is 0 Å². The van der Waals surface area contributed by atoms with Gasteiger partial charge in [0.2, 0.25) is 0 Å². The molecule has 4 aliphatic rings. The third-order valence-electron chi connectivity index (χ3n) is 9.17. The number of hydrogen-bond donors (Lipinski definition) is 1. The van der Waals surface area contributed by atoms with Crippen LogP contribution in [0, 0.1) is 57.7 Å². The molecular weight excluding hydrogens is 282 g/mol. The van der Waals surface area contributed by atoms with Crippen molar-refractivity contribution in [3.05, 3.63) is 0 Å². The summed E-state index contributed by atoms with van der Waals surface area (Å²) < 4.78 is 0. The van der Waals surface area contributed by atoms with E-state index in [2.05, 4.69) is 26.8 Å². The summed E-state index contributed by atoms with van der Waals surface area (Å²) in [5, 5.41) is 19.9. The number of aliphatic hydroxyl groups excluding tert-OH is 1. The van der Waals surface area contributed by atoms with Gasteiger partial charge in [-0.1, -0.05) is 20.8 Å². The highest BCUT2D eigenvalue weighted by atomic mass is 16.3. The Labute approximate surface area is 141 Å². The minimum Gasteiger partial charge on any atom is -0.393 e. The second-order valence-electron chi connectivity index (χ2n) is 9.94. The van der Waals surface area contributed by atoms with Crippen molar-refractivity contribution in [2.45, 2.75) is 78.2 Å². The van der Waals surface area contributed by atoms with Gasteiger partial charge in [0.1, 0.15) is 0 Å². The van der Waals surface area contributed by atoms with E-state index in [1.54, 1.807) is 0 Å². The highest BCUT2D eigenvalue weighted by Crippen LogP contribution is 2.67. The molecule has 0 saturated heterocycles. The van der Waals surface area contributed by atoms with Crippen molar-refractivity contribution < 1.29 is 5.11 Å². The molecule has 0 aromatic carbocycles. The quantitative estimate of drug-likeness (QED) is 0.699. The number of aliphatic hydroxyl groups is 1. The zero-order valence-corrected chi connectivity index (χ0v) is 15.1. The average molecular weight is 316 g/mol. The Bertz CT molecular complexity index is 524. The van der Waals surface area contributed by atoms with Crippen LogP contribution in [-0.4, -0.2) is 11.2 Å². The predicted molar refractivity (Wildman–Crippen MR) is 91.4 cm³/mol. The standard InChI is InChI=1S/C21H33NO/c1-13-11-21(3)14(10-19(13)23)4-6-16-17-7-5-15(12-22)20(17,2)9-8-18(16)21/h13-19,23H,4-11H2,1-3H3/t13-,14-,15+,16-,17-,18?,19-,20+,21-/m0/s1. The van der Waals surface area contributed by atoms with E-state index in [1.165, 1.54) is 38.5 Å². The van der Waals surface area contributed by atoms with Crippen molar-refractivity contribution in [3.63, 3.8) is 0 Å². The first-order chi connectivity index (χ1) is 10.9. The maximum absolute atomic E-state index is 10.3. The smallest absolute Gasteiger partial charge is 0.0661 e. The summed E-state index contributed by atoms with van der Waals surface area (Å²) in [6.07, 6.45) is 9.84. The van der Waals surface area contributed by atoms with Gasteiger partial charge in [-0.3, -0.25) is 0 Å². The first kappa shape index (κ1) is 15.9. The van der Waals surface area contributed by atoms with Crippen molar-refractivity contribution in [2.24, 2.45) is 46.3 Å². The Hall–Kier alpha value is -0.550. The molecular formula is C21H33NO. The van der Waals surface area contributed by atoms with Gasteiger partial charge in [0.25, 0.3) is 0 Å². The molecule has 128 valence electrons. The van der Waals surface area contributed by atoms with Gasteiger partial charge in [0.15, 0.2) is 0 Å². The van der Waals surface area contributed by atoms with Gasteiger partial charge in [-0.2, -0.15) is 5.26 Å². The lowest BCUT2D eigenvalue weighted by atomic mass is 9.44. The average Bonchev–Trinajstić information content (AvgIpc) is 2.85. The molecule has 4 rings (SSSR count). The summed E-state index contributed by atoms with van der Waals surface area (Å²) in [6, 6.07) is 2.64. The van der Waals surface area contributed by atoms with Crippen LogP contribution < -0.4 is 0 Å². The lowest BCUT2D eigenvalue weighted by molar-refractivity contribution is -0.138. The first-order valence-electron chi connectivity index (χ1n) is 9.98. The molecule has 0 heterocycles.